The van der Waals surface area contributed by atoms with Crippen molar-refractivity contribution in [2.75, 3.05) is 32.1 Å². The lowest BCUT2D eigenvalue weighted by molar-refractivity contribution is -0.133. The van der Waals surface area contributed by atoms with Gasteiger partial charge in [-0.1, -0.05) is 23.7 Å². The van der Waals surface area contributed by atoms with Crippen LogP contribution in [0, 0.1) is 6.92 Å². The Bertz CT molecular complexity index is 1210. The average Bonchev–Trinajstić information content (AvgIpc) is 2.81. The van der Waals surface area contributed by atoms with E-state index in [4.69, 9.17) is 16.6 Å². The number of pyridine rings is 1. The fourth-order valence-corrected chi connectivity index (χ4v) is 4.30. The maximum Gasteiger partial charge on any atom is 0.251 e. The van der Waals surface area contributed by atoms with Gasteiger partial charge >= 0.3 is 0 Å². The molecule has 1 aliphatic rings. The number of benzene rings is 1. The second kappa shape index (κ2) is 9.75. The van der Waals surface area contributed by atoms with E-state index in [1.807, 2.05) is 67.3 Å². The molecule has 1 saturated heterocycles. The van der Waals surface area contributed by atoms with Crippen LogP contribution < -0.4 is 10.5 Å². The Morgan fingerprint density at radius 1 is 1.21 bits per heavy atom. The Balaban J connectivity index is 1.61. The van der Waals surface area contributed by atoms with Crippen LogP contribution in [0.25, 0.3) is 11.1 Å². The highest BCUT2D eigenvalue weighted by Gasteiger charge is 2.28. The van der Waals surface area contributed by atoms with Gasteiger partial charge in [0.25, 0.3) is 5.56 Å². The molecule has 0 bridgehead atoms. The van der Waals surface area contributed by atoms with E-state index in [9.17, 15) is 9.59 Å². The van der Waals surface area contributed by atoms with Gasteiger partial charge in [-0.05, 0) is 49.1 Å². The van der Waals surface area contributed by atoms with E-state index < -0.39 is 0 Å². The number of piperidine rings is 1. The molecule has 8 heteroatoms. The highest BCUT2D eigenvalue weighted by atomic mass is 35.5. The molecular formula is C25H28ClN5O2. The molecule has 1 aromatic carbocycles. The number of likely N-dealkylation sites (tertiary alicyclic amines) is 1. The molecular weight excluding hydrogens is 438 g/mol. The predicted octanol–water partition coefficient (Wildman–Crippen LogP) is 3.74. The molecule has 0 N–H and O–H groups in total. The van der Waals surface area contributed by atoms with Crippen LogP contribution in [0.3, 0.4) is 0 Å². The van der Waals surface area contributed by atoms with Crippen molar-refractivity contribution >= 4 is 23.5 Å². The quantitative estimate of drug-likeness (QED) is 0.574. The highest BCUT2D eigenvalue weighted by Crippen LogP contribution is 2.34. The van der Waals surface area contributed by atoms with Crippen molar-refractivity contribution in [3.05, 3.63) is 75.4 Å². The van der Waals surface area contributed by atoms with Gasteiger partial charge in [-0.2, -0.15) is 0 Å². The zero-order valence-corrected chi connectivity index (χ0v) is 19.9. The van der Waals surface area contributed by atoms with Crippen LogP contribution in [0.5, 0.6) is 0 Å². The molecule has 0 saturated carbocycles. The number of anilines is 1. The van der Waals surface area contributed by atoms with Crippen molar-refractivity contribution in [1.29, 1.82) is 0 Å². The minimum atomic E-state index is -0.159. The van der Waals surface area contributed by atoms with Crippen LogP contribution in [0.4, 0.5) is 5.95 Å². The fraction of sp³-hybridized carbons (Fsp3) is 0.360. The summed E-state index contributed by atoms with van der Waals surface area (Å²) in [7, 11) is 3.83. The van der Waals surface area contributed by atoms with Crippen LogP contribution in [-0.4, -0.2) is 52.5 Å². The number of aryl methyl sites for hydroxylation is 1. The normalized spacial score (nSPS) is 16.0. The lowest BCUT2D eigenvalue weighted by Crippen LogP contribution is -2.42. The number of carbonyl (C=O) groups excluding carboxylic acids is 1. The predicted molar refractivity (Wildman–Crippen MR) is 131 cm³/mol. The van der Waals surface area contributed by atoms with Crippen LogP contribution in [0.1, 0.15) is 30.0 Å². The van der Waals surface area contributed by atoms with Gasteiger partial charge in [0.1, 0.15) is 6.54 Å². The van der Waals surface area contributed by atoms with Gasteiger partial charge in [0.2, 0.25) is 11.9 Å². The molecule has 4 rings (SSSR count). The summed E-state index contributed by atoms with van der Waals surface area (Å²) in [6.07, 6.45) is 5.34. The topological polar surface area (TPSA) is 71.3 Å². The van der Waals surface area contributed by atoms with E-state index in [1.54, 1.807) is 12.3 Å². The minimum Gasteiger partial charge on any atom is -0.347 e. The van der Waals surface area contributed by atoms with Crippen molar-refractivity contribution in [2.45, 2.75) is 32.2 Å². The first-order chi connectivity index (χ1) is 15.8. The summed E-state index contributed by atoms with van der Waals surface area (Å²) >= 11 is 6.09. The average molecular weight is 466 g/mol. The van der Waals surface area contributed by atoms with E-state index in [-0.39, 0.29) is 23.9 Å². The Morgan fingerprint density at radius 3 is 2.67 bits per heavy atom. The number of hydrogen-bond acceptors (Lipinski definition) is 5. The van der Waals surface area contributed by atoms with Gasteiger partial charge in [0, 0.05) is 62.1 Å². The van der Waals surface area contributed by atoms with Crippen LogP contribution in [0.15, 0.2) is 53.6 Å². The first-order valence-corrected chi connectivity index (χ1v) is 11.4. The lowest BCUT2D eigenvalue weighted by Gasteiger charge is -2.33. The Kier molecular flexibility index (Phi) is 6.79. The summed E-state index contributed by atoms with van der Waals surface area (Å²) in [6.45, 7) is 3.15. The summed E-state index contributed by atoms with van der Waals surface area (Å²) in [4.78, 5) is 38.4. The maximum absolute atomic E-state index is 13.1. The maximum atomic E-state index is 13.1. The van der Waals surface area contributed by atoms with Gasteiger partial charge < -0.3 is 14.4 Å². The van der Waals surface area contributed by atoms with Gasteiger partial charge in [0.05, 0.1) is 5.69 Å². The van der Waals surface area contributed by atoms with E-state index in [2.05, 4.69) is 4.98 Å². The molecule has 0 radical (unpaired) electrons. The number of nitrogens with zero attached hydrogens (tertiary/aromatic N) is 5. The Morgan fingerprint density at radius 2 is 1.97 bits per heavy atom. The first kappa shape index (κ1) is 23.0. The van der Waals surface area contributed by atoms with Crippen molar-refractivity contribution in [2.24, 2.45) is 0 Å². The van der Waals surface area contributed by atoms with Crippen molar-refractivity contribution in [1.82, 2.24) is 19.4 Å². The third-order valence-electron chi connectivity index (χ3n) is 5.98. The summed E-state index contributed by atoms with van der Waals surface area (Å²) in [5.74, 6) is 0.655. The summed E-state index contributed by atoms with van der Waals surface area (Å²) in [5.41, 5.74) is 3.60. The van der Waals surface area contributed by atoms with E-state index in [0.717, 1.165) is 35.2 Å². The van der Waals surface area contributed by atoms with Crippen molar-refractivity contribution < 1.29 is 4.79 Å². The third kappa shape index (κ3) is 5.25. The summed E-state index contributed by atoms with van der Waals surface area (Å²) in [6, 6.07) is 11.0. The third-order valence-corrected chi connectivity index (χ3v) is 6.23. The molecule has 1 fully saturated rings. The largest absolute Gasteiger partial charge is 0.347 e. The number of aromatic nitrogens is 3. The smallest absolute Gasteiger partial charge is 0.251 e. The fourth-order valence-electron chi connectivity index (χ4n) is 4.17. The molecule has 1 unspecified atom stereocenters. The minimum absolute atomic E-state index is 0.0442. The standard InChI is InChI=1S/C25H28ClN5O2/c1-17-10-12-31(22(32)13-17)16-23(33)30-11-4-5-19(15-30)24-21(14-27-25(28-24)29(2)3)18-6-8-20(26)9-7-18/h6-10,12-14,19H,4-5,11,15-16H2,1-3H3. The lowest BCUT2D eigenvalue weighted by atomic mass is 9.90. The number of carbonyl (C=O) groups is 1. The van der Waals surface area contributed by atoms with Gasteiger partial charge in [0.15, 0.2) is 0 Å². The molecule has 7 nitrogen and oxygen atoms in total. The van der Waals surface area contributed by atoms with Gasteiger partial charge in [-0.15, -0.1) is 0 Å². The van der Waals surface area contributed by atoms with E-state index >= 15 is 0 Å². The molecule has 33 heavy (non-hydrogen) atoms. The van der Waals surface area contributed by atoms with Crippen LogP contribution in [0.2, 0.25) is 5.02 Å². The van der Waals surface area contributed by atoms with Gasteiger partial charge in [-0.25, -0.2) is 9.97 Å². The Hall–Kier alpha value is -3.19. The number of amides is 1. The first-order valence-electron chi connectivity index (χ1n) is 11.1. The van der Waals surface area contributed by atoms with Gasteiger partial charge in [-0.3, -0.25) is 9.59 Å². The molecule has 2 aromatic heterocycles. The second-order valence-corrected chi connectivity index (χ2v) is 9.16. The number of rotatable bonds is 5. The highest BCUT2D eigenvalue weighted by molar-refractivity contribution is 6.30. The SMILES string of the molecule is Cc1ccn(CC(=O)N2CCCC(c3nc(N(C)C)ncc3-c3ccc(Cl)cc3)C2)c(=O)c1. The molecule has 3 heterocycles. The number of halogens is 1. The molecule has 1 atom stereocenters. The van der Waals surface area contributed by atoms with Crippen molar-refractivity contribution in [3.63, 3.8) is 0 Å². The number of hydrogen-bond donors (Lipinski definition) is 0. The van der Waals surface area contributed by atoms with Crippen LogP contribution >= 0.6 is 11.6 Å². The molecule has 0 aliphatic carbocycles. The molecule has 172 valence electrons. The van der Waals surface area contributed by atoms with E-state index in [1.165, 1.54) is 4.57 Å². The Labute approximate surface area is 198 Å². The van der Waals surface area contributed by atoms with Crippen LogP contribution in [-0.2, 0) is 11.3 Å². The molecule has 1 amide bonds. The second-order valence-electron chi connectivity index (χ2n) is 8.72. The zero-order valence-electron chi connectivity index (χ0n) is 19.2. The summed E-state index contributed by atoms with van der Waals surface area (Å²) in [5, 5.41) is 0.673. The molecule has 0 spiro atoms. The van der Waals surface area contributed by atoms with Crippen molar-refractivity contribution in [3.8, 4) is 11.1 Å². The van der Waals surface area contributed by atoms with E-state index in [0.29, 0.717) is 24.1 Å². The monoisotopic (exact) mass is 465 g/mol. The molecule has 3 aromatic rings. The zero-order chi connectivity index (χ0) is 23.5. The molecule has 1 aliphatic heterocycles. The summed E-state index contributed by atoms with van der Waals surface area (Å²) < 4.78 is 1.47.